The van der Waals surface area contributed by atoms with Gasteiger partial charge in [-0.3, -0.25) is 19.5 Å². The molecule has 5 rings (SSSR count). The van der Waals surface area contributed by atoms with E-state index in [-0.39, 0.29) is 17.5 Å². The van der Waals surface area contributed by atoms with Crippen LogP contribution < -0.4 is 5.32 Å². The highest BCUT2D eigenvalue weighted by atomic mass is 35.5. The molecule has 1 aromatic carbocycles. The first-order valence-corrected chi connectivity index (χ1v) is 11.5. The van der Waals surface area contributed by atoms with Gasteiger partial charge in [-0.2, -0.15) is 0 Å². The van der Waals surface area contributed by atoms with Crippen LogP contribution in [-0.2, 0) is 9.59 Å². The Kier molecular flexibility index (Phi) is 5.30. The molecule has 2 fully saturated rings. The van der Waals surface area contributed by atoms with Crippen LogP contribution in [0, 0.1) is 0 Å². The van der Waals surface area contributed by atoms with Crippen LogP contribution in [0.1, 0.15) is 25.3 Å². The Hall–Kier alpha value is -2.32. The second-order valence-corrected chi connectivity index (χ2v) is 9.30. The Balaban J connectivity index is 1.22. The molecule has 0 bridgehead atoms. The van der Waals surface area contributed by atoms with Gasteiger partial charge in [0.1, 0.15) is 11.5 Å². The number of amides is 2. The molecular formula is C22H29ClN6O2. The fraction of sp³-hybridized carbons (Fsp3) is 0.591. The summed E-state index contributed by atoms with van der Waals surface area (Å²) in [7, 11) is 0. The Morgan fingerprint density at radius 2 is 1.77 bits per heavy atom. The zero-order valence-corrected chi connectivity index (χ0v) is 18.7. The third-order valence-electron chi connectivity index (χ3n) is 7.07. The number of piperidine rings is 1. The summed E-state index contributed by atoms with van der Waals surface area (Å²) in [6.45, 7) is 7.99. The minimum atomic E-state index is -0.167. The number of likely N-dealkylation sites (tertiary alicyclic amines) is 1. The normalized spacial score (nSPS) is 22.6. The highest BCUT2D eigenvalue weighted by Gasteiger charge is 2.46. The van der Waals surface area contributed by atoms with Crippen LogP contribution in [0.4, 0.5) is 5.69 Å². The van der Waals surface area contributed by atoms with Crippen LogP contribution in [0.15, 0.2) is 23.2 Å². The van der Waals surface area contributed by atoms with E-state index in [0.717, 1.165) is 61.1 Å². The van der Waals surface area contributed by atoms with E-state index in [1.165, 1.54) is 0 Å². The lowest BCUT2D eigenvalue weighted by Crippen LogP contribution is -2.64. The molecule has 1 aromatic rings. The van der Waals surface area contributed by atoms with Crippen LogP contribution in [0.3, 0.4) is 0 Å². The van der Waals surface area contributed by atoms with E-state index < -0.39 is 0 Å². The maximum atomic E-state index is 12.8. The molecule has 0 saturated carbocycles. The van der Waals surface area contributed by atoms with Crippen molar-refractivity contribution in [2.75, 3.05) is 64.2 Å². The molecule has 8 nitrogen and oxygen atoms in total. The maximum Gasteiger partial charge on any atom is 0.236 e. The minimum Gasteiger partial charge on any atom is -0.362 e. The molecule has 0 unspecified atom stereocenters. The maximum absolute atomic E-state index is 12.8. The van der Waals surface area contributed by atoms with Gasteiger partial charge in [0.05, 0.1) is 13.1 Å². The van der Waals surface area contributed by atoms with Crippen molar-refractivity contribution in [2.45, 2.75) is 25.4 Å². The van der Waals surface area contributed by atoms with E-state index in [1.807, 2.05) is 28.0 Å². The molecule has 2 saturated heterocycles. The molecule has 0 aliphatic carbocycles. The molecule has 1 spiro atoms. The Labute approximate surface area is 187 Å². The third-order valence-corrected chi connectivity index (χ3v) is 7.30. The molecule has 9 heteroatoms. The molecule has 0 aromatic heterocycles. The van der Waals surface area contributed by atoms with Gasteiger partial charge in [0, 0.05) is 81.9 Å². The van der Waals surface area contributed by atoms with E-state index in [1.54, 1.807) is 6.92 Å². The number of anilines is 1. The number of piperazine rings is 1. The van der Waals surface area contributed by atoms with Crippen molar-refractivity contribution in [3.63, 3.8) is 0 Å². The van der Waals surface area contributed by atoms with Gasteiger partial charge in [-0.25, -0.2) is 0 Å². The second-order valence-electron chi connectivity index (χ2n) is 8.87. The summed E-state index contributed by atoms with van der Waals surface area (Å²) < 4.78 is 0. The summed E-state index contributed by atoms with van der Waals surface area (Å²) in [6.07, 6.45) is 1.84. The zero-order chi connectivity index (χ0) is 21.6. The smallest absolute Gasteiger partial charge is 0.236 e. The standard InChI is InChI=1S/C22H29ClN6O2/c1-16(30)27-10-12-28(13-11-27)20(31)15-26-7-4-22(5-8-26)25-19-14-17(23)2-3-18(19)21-24-6-9-29(21)22/h2-3,14,25H,4-13,15H2,1H3. The lowest BCUT2D eigenvalue weighted by Gasteiger charge is -2.52. The number of halogens is 1. The zero-order valence-electron chi connectivity index (χ0n) is 17.9. The monoisotopic (exact) mass is 444 g/mol. The van der Waals surface area contributed by atoms with Gasteiger partial charge >= 0.3 is 0 Å². The Morgan fingerprint density at radius 3 is 2.48 bits per heavy atom. The Morgan fingerprint density at radius 1 is 1.06 bits per heavy atom. The third kappa shape index (κ3) is 3.76. The van der Waals surface area contributed by atoms with Crippen molar-refractivity contribution in [3.8, 4) is 0 Å². The largest absolute Gasteiger partial charge is 0.362 e. The molecule has 2 amide bonds. The van der Waals surface area contributed by atoms with Crippen LogP contribution in [0.25, 0.3) is 0 Å². The van der Waals surface area contributed by atoms with Crippen molar-refractivity contribution in [1.29, 1.82) is 0 Å². The van der Waals surface area contributed by atoms with Gasteiger partial charge in [0.25, 0.3) is 0 Å². The first-order valence-electron chi connectivity index (χ1n) is 11.1. The van der Waals surface area contributed by atoms with Crippen LogP contribution in [-0.4, -0.2) is 102 Å². The highest BCUT2D eigenvalue weighted by Crippen LogP contribution is 2.40. The number of amidine groups is 1. The summed E-state index contributed by atoms with van der Waals surface area (Å²) in [5, 5.41) is 4.50. The van der Waals surface area contributed by atoms with Crippen LogP contribution in [0.5, 0.6) is 0 Å². The predicted molar refractivity (Wildman–Crippen MR) is 120 cm³/mol. The van der Waals surface area contributed by atoms with E-state index in [4.69, 9.17) is 16.6 Å². The number of hydrogen-bond donors (Lipinski definition) is 1. The van der Waals surface area contributed by atoms with Gasteiger partial charge in [-0.15, -0.1) is 0 Å². The lowest BCUT2D eigenvalue weighted by molar-refractivity contribution is -0.139. The molecule has 4 heterocycles. The van der Waals surface area contributed by atoms with Gasteiger partial charge in [-0.05, 0) is 18.2 Å². The summed E-state index contributed by atoms with van der Waals surface area (Å²) in [6, 6.07) is 5.96. The molecule has 4 aliphatic rings. The van der Waals surface area contributed by atoms with Crippen molar-refractivity contribution >= 4 is 34.9 Å². The van der Waals surface area contributed by atoms with Crippen molar-refractivity contribution < 1.29 is 9.59 Å². The number of fused-ring (bicyclic) bond motifs is 4. The van der Waals surface area contributed by atoms with Gasteiger partial charge in [0.2, 0.25) is 11.8 Å². The van der Waals surface area contributed by atoms with E-state index >= 15 is 0 Å². The number of benzene rings is 1. The molecule has 1 N–H and O–H groups in total. The van der Waals surface area contributed by atoms with E-state index in [9.17, 15) is 9.59 Å². The first kappa shape index (κ1) is 20.6. The summed E-state index contributed by atoms with van der Waals surface area (Å²) in [4.78, 5) is 37.5. The predicted octanol–water partition coefficient (Wildman–Crippen LogP) is 1.31. The van der Waals surface area contributed by atoms with Crippen molar-refractivity contribution in [2.24, 2.45) is 4.99 Å². The number of carbonyl (C=O) groups is 2. The van der Waals surface area contributed by atoms with Crippen LogP contribution in [0.2, 0.25) is 5.02 Å². The number of aliphatic imine (C=N–C) groups is 1. The van der Waals surface area contributed by atoms with Crippen LogP contribution >= 0.6 is 11.6 Å². The summed E-state index contributed by atoms with van der Waals surface area (Å²) in [5.74, 6) is 1.32. The van der Waals surface area contributed by atoms with Gasteiger partial charge < -0.3 is 20.0 Å². The molecule has 166 valence electrons. The molecule has 0 radical (unpaired) electrons. The SMILES string of the molecule is CC(=O)N1CCN(C(=O)CN2CCC3(CC2)Nc2cc(Cl)ccc2C2=NCCN23)CC1. The number of carbonyl (C=O) groups excluding carboxylic acids is 2. The number of nitrogens with one attached hydrogen (secondary N) is 1. The molecular weight excluding hydrogens is 416 g/mol. The van der Waals surface area contributed by atoms with E-state index in [0.29, 0.717) is 32.7 Å². The number of hydrogen-bond acceptors (Lipinski definition) is 6. The molecule has 0 atom stereocenters. The summed E-state index contributed by atoms with van der Waals surface area (Å²) >= 11 is 6.26. The van der Waals surface area contributed by atoms with Crippen molar-refractivity contribution in [1.82, 2.24) is 19.6 Å². The molecule has 4 aliphatic heterocycles. The van der Waals surface area contributed by atoms with Crippen molar-refractivity contribution in [3.05, 3.63) is 28.8 Å². The number of rotatable bonds is 2. The lowest BCUT2D eigenvalue weighted by atomic mass is 9.90. The van der Waals surface area contributed by atoms with E-state index in [2.05, 4.69) is 15.1 Å². The fourth-order valence-electron chi connectivity index (χ4n) is 5.27. The quantitative estimate of drug-likeness (QED) is 0.744. The topological polar surface area (TPSA) is 71.5 Å². The number of nitrogens with zero attached hydrogens (tertiary/aromatic N) is 5. The second kappa shape index (κ2) is 7.98. The van der Waals surface area contributed by atoms with Gasteiger partial charge in [-0.1, -0.05) is 11.6 Å². The van der Waals surface area contributed by atoms with Gasteiger partial charge in [0.15, 0.2) is 0 Å². The average Bonchev–Trinajstić information content (AvgIpc) is 3.26. The fourth-order valence-corrected chi connectivity index (χ4v) is 5.44. The summed E-state index contributed by atoms with van der Waals surface area (Å²) in [5.41, 5.74) is 2.01. The average molecular weight is 445 g/mol. The Bertz CT molecular complexity index is 919. The molecule has 31 heavy (non-hydrogen) atoms. The minimum absolute atomic E-state index is 0.0843. The first-order chi connectivity index (χ1) is 14.9. The highest BCUT2D eigenvalue weighted by molar-refractivity contribution is 6.31.